The Morgan fingerprint density at radius 3 is 2.31 bits per heavy atom. The van der Waals surface area contributed by atoms with Crippen molar-refractivity contribution in [3.05, 3.63) is 85.5 Å². The number of benzene rings is 2. The van der Waals surface area contributed by atoms with Gasteiger partial charge < -0.3 is 39.3 Å². The Balaban J connectivity index is 1.53. The van der Waals surface area contributed by atoms with Crippen molar-refractivity contribution in [3.8, 4) is 0 Å². The van der Waals surface area contributed by atoms with Crippen LogP contribution in [0.5, 0.6) is 0 Å². The standard InChI is InChI=1S/C43H58N4O8/c1-8-12-18-35(49)44-32(27-53-7)38(29-16-14-13-15-17-29)54-42(52)36-34-23-24-43(55-34)37(36)40(50)47(33(26-48)28(5)6)39(43)41(51)46(25-9-2)31-21-19-30(20-22-31)45(10-3)11-4/h8-9,13-17,19-22,28,32-34,36-39,48H,1-2,10-12,18,23-27H2,3-7H3,(H,44,49)/t32-,33-,34-,36+,37+,38-,39-,43+/m0/s1. The van der Waals surface area contributed by atoms with Gasteiger partial charge in [-0.25, -0.2) is 0 Å². The zero-order chi connectivity index (χ0) is 39.9. The van der Waals surface area contributed by atoms with Crippen LogP contribution in [0.1, 0.15) is 65.0 Å². The van der Waals surface area contributed by atoms with Crippen molar-refractivity contribution in [3.63, 3.8) is 0 Å². The first-order valence-electron chi connectivity index (χ1n) is 19.5. The third-order valence-electron chi connectivity index (χ3n) is 11.4. The Bertz CT molecular complexity index is 1660. The number of nitrogens with one attached hydrogen (secondary N) is 1. The van der Waals surface area contributed by atoms with Gasteiger partial charge in [-0.3, -0.25) is 19.2 Å². The van der Waals surface area contributed by atoms with E-state index in [9.17, 15) is 19.5 Å². The maximum atomic E-state index is 15.1. The lowest BCUT2D eigenvalue weighted by atomic mass is 9.70. The summed E-state index contributed by atoms with van der Waals surface area (Å²) in [4.78, 5) is 62.9. The average Bonchev–Trinajstić information content (AvgIpc) is 3.83. The van der Waals surface area contributed by atoms with Gasteiger partial charge in [0, 0.05) is 44.5 Å². The number of carbonyl (C=O) groups is 4. The molecule has 2 N–H and O–H groups in total. The predicted octanol–water partition coefficient (Wildman–Crippen LogP) is 4.83. The predicted molar refractivity (Wildman–Crippen MR) is 211 cm³/mol. The van der Waals surface area contributed by atoms with E-state index in [0.717, 1.165) is 18.8 Å². The molecule has 55 heavy (non-hydrogen) atoms. The average molecular weight is 759 g/mol. The Hall–Kier alpha value is -4.52. The fourth-order valence-corrected chi connectivity index (χ4v) is 8.77. The number of carbonyl (C=O) groups excluding carboxylic acids is 4. The van der Waals surface area contributed by atoms with Crippen LogP contribution in [-0.2, 0) is 33.4 Å². The Morgan fingerprint density at radius 1 is 1.05 bits per heavy atom. The second-order valence-electron chi connectivity index (χ2n) is 14.9. The molecule has 3 aliphatic heterocycles. The summed E-state index contributed by atoms with van der Waals surface area (Å²) in [7, 11) is 1.50. The molecule has 12 nitrogen and oxygen atoms in total. The molecular formula is C43H58N4O8. The summed E-state index contributed by atoms with van der Waals surface area (Å²) in [6.45, 7) is 17.1. The van der Waals surface area contributed by atoms with Gasteiger partial charge in [0.15, 0.2) is 0 Å². The highest BCUT2D eigenvalue weighted by molar-refractivity contribution is 6.05. The number of aliphatic hydroxyl groups excluding tert-OH is 1. The molecule has 3 amide bonds. The molecule has 0 unspecified atom stereocenters. The van der Waals surface area contributed by atoms with Crippen LogP contribution in [0, 0.1) is 17.8 Å². The normalized spacial score (nSPS) is 24.2. The smallest absolute Gasteiger partial charge is 0.313 e. The molecule has 5 rings (SSSR count). The number of hydrogen-bond acceptors (Lipinski definition) is 9. The van der Waals surface area contributed by atoms with Gasteiger partial charge in [-0.15, -0.1) is 13.2 Å². The van der Waals surface area contributed by atoms with Crippen molar-refractivity contribution < 1.29 is 38.5 Å². The van der Waals surface area contributed by atoms with E-state index in [1.54, 1.807) is 17.1 Å². The van der Waals surface area contributed by atoms with E-state index < -0.39 is 59.6 Å². The van der Waals surface area contributed by atoms with E-state index in [-0.39, 0.29) is 43.9 Å². The maximum absolute atomic E-state index is 15.1. The van der Waals surface area contributed by atoms with Gasteiger partial charge >= 0.3 is 5.97 Å². The van der Waals surface area contributed by atoms with Crippen LogP contribution in [0.3, 0.4) is 0 Å². The molecule has 3 saturated heterocycles. The van der Waals surface area contributed by atoms with E-state index in [1.165, 1.54) is 12.0 Å². The molecule has 0 saturated carbocycles. The molecule has 3 heterocycles. The van der Waals surface area contributed by atoms with Crippen LogP contribution in [0.2, 0.25) is 0 Å². The molecule has 1 spiro atoms. The van der Waals surface area contributed by atoms with Gasteiger partial charge in [-0.1, -0.05) is 56.3 Å². The number of aliphatic hydroxyl groups is 1. The van der Waals surface area contributed by atoms with Crippen LogP contribution in [-0.4, -0.2) is 103 Å². The Morgan fingerprint density at radius 2 is 1.73 bits per heavy atom. The first-order valence-corrected chi connectivity index (χ1v) is 19.5. The van der Waals surface area contributed by atoms with Crippen molar-refractivity contribution in [2.24, 2.45) is 17.8 Å². The van der Waals surface area contributed by atoms with Crippen molar-refractivity contribution in [2.45, 2.75) is 89.3 Å². The molecule has 0 radical (unpaired) electrons. The van der Waals surface area contributed by atoms with Gasteiger partial charge in [0.1, 0.15) is 17.7 Å². The highest BCUT2D eigenvalue weighted by atomic mass is 16.6. The second kappa shape index (κ2) is 18.4. The van der Waals surface area contributed by atoms with E-state index in [0.29, 0.717) is 30.5 Å². The molecule has 12 heteroatoms. The highest BCUT2D eigenvalue weighted by Crippen LogP contribution is 2.59. The number of anilines is 2. The van der Waals surface area contributed by atoms with E-state index >= 15 is 4.79 Å². The minimum Gasteiger partial charge on any atom is -0.455 e. The molecule has 0 aliphatic carbocycles. The fraction of sp³-hybridized carbons (Fsp3) is 0.535. The van der Waals surface area contributed by atoms with E-state index in [1.807, 2.05) is 68.4 Å². The molecule has 3 aliphatic rings. The number of allylic oxidation sites excluding steroid dienone is 1. The largest absolute Gasteiger partial charge is 0.455 e. The third kappa shape index (κ3) is 8.22. The summed E-state index contributed by atoms with van der Waals surface area (Å²) in [5.74, 6) is -3.98. The van der Waals surface area contributed by atoms with Crippen molar-refractivity contribution in [1.29, 1.82) is 0 Å². The zero-order valence-electron chi connectivity index (χ0n) is 32.9. The lowest BCUT2D eigenvalue weighted by molar-refractivity contribution is -0.163. The molecule has 2 aromatic carbocycles. The zero-order valence-corrected chi connectivity index (χ0v) is 32.9. The monoisotopic (exact) mass is 758 g/mol. The number of rotatable bonds is 20. The van der Waals surface area contributed by atoms with Crippen LogP contribution >= 0.6 is 0 Å². The van der Waals surface area contributed by atoms with Crippen molar-refractivity contribution >= 4 is 35.1 Å². The Labute approximate surface area is 325 Å². The molecule has 8 atom stereocenters. The summed E-state index contributed by atoms with van der Waals surface area (Å²) in [5, 5.41) is 13.7. The lowest BCUT2D eigenvalue weighted by Gasteiger charge is -2.40. The summed E-state index contributed by atoms with van der Waals surface area (Å²) < 4.78 is 18.6. The summed E-state index contributed by atoms with van der Waals surface area (Å²) in [6.07, 6.45) is 3.15. The Kier molecular flexibility index (Phi) is 13.9. The maximum Gasteiger partial charge on any atom is 0.313 e. The molecule has 3 fully saturated rings. The minimum absolute atomic E-state index is 0.0511. The second-order valence-corrected chi connectivity index (χ2v) is 14.9. The highest BCUT2D eigenvalue weighted by Gasteiger charge is 2.76. The SMILES string of the molecule is C=CCCC(=O)N[C@@H](COC)[C@@H](OC(=O)[C@@H]1[C@@H]2CC[C@]3(O2)[C@H](C(=O)N(CC=C)c2ccc(N(CC)CC)cc2)N([C@@H](CO)C(C)C)C(=O)[C@@H]13)c1ccccc1. The molecule has 0 aromatic heterocycles. The fourth-order valence-electron chi connectivity index (χ4n) is 8.77. The number of fused-ring (bicyclic) bond motifs is 1. The van der Waals surface area contributed by atoms with Gasteiger partial charge in [0.25, 0.3) is 5.91 Å². The lowest BCUT2D eigenvalue weighted by Crippen LogP contribution is -2.59. The number of methoxy groups -OCH3 is 1. The minimum atomic E-state index is -1.33. The number of nitrogens with zero attached hydrogens (tertiary/aromatic N) is 3. The van der Waals surface area contributed by atoms with Gasteiger partial charge in [-0.2, -0.15) is 0 Å². The first kappa shape index (κ1) is 41.6. The third-order valence-corrected chi connectivity index (χ3v) is 11.4. The van der Waals surface area contributed by atoms with Crippen LogP contribution in [0.25, 0.3) is 0 Å². The van der Waals surface area contributed by atoms with Gasteiger partial charge in [-0.05, 0) is 68.9 Å². The molecule has 2 aromatic rings. The van der Waals surface area contributed by atoms with Crippen LogP contribution in [0.15, 0.2) is 79.9 Å². The molecule has 2 bridgehead atoms. The number of hydrogen-bond donors (Lipinski definition) is 2. The summed E-state index contributed by atoms with van der Waals surface area (Å²) in [6, 6.07) is 14.2. The van der Waals surface area contributed by atoms with E-state index in [2.05, 4.69) is 37.2 Å². The number of ether oxygens (including phenoxy) is 3. The summed E-state index contributed by atoms with van der Waals surface area (Å²) >= 11 is 0. The number of esters is 1. The van der Waals surface area contributed by atoms with Gasteiger partial charge in [0.05, 0.1) is 43.2 Å². The van der Waals surface area contributed by atoms with Crippen LogP contribution in [0.4, 0.5) is 11.4 Å². The van der Waals surface area contributed by atoms with Crippen molar-refractivity contribution in [1.82, 2.24) is 10.2 Å². The van der Waals surface area contributed by atoms with E-state index in [4.69, 9.17) is 14.2 Å². The summed E-state index contributed by atoms with van der Waals surface area (Å²) in [5.41, 5.74) is 0.957. The van der Waals surface area contributed by atoms with Gasteiger partial charge in [0.2, 0.25) is 11.8 Å². The van der Waals surface area contributed by atoms with Crippen LogP contribution < -0.4 is 15.1 Å². The first-order chi connectivity index (χ1) is 26.5. The number of amides is 3. The molecule has 298 valence electrons. The quantitative estimate of drug-likeness (QED) is 0.144. The molecular weight excluding hydrogens is 700 g/mol. The topological polar surface area (TPSA) is 138 Å². The number of likely N-dealkylation sites (tertiary alicyclic amines) is 1. The van der Waals surface area contributed by atoms with Crippen molar-refractivity contribution in [2.75, 3.05) is 49.8 Å².